The lowest BCUT2D eigenvalue weighted by atomic mass is 10.1. The topological polar surface area (TPSA) is 43.1 Å². The van der Waals surface area contributed by atoms with Crippen LogP contribution in [-0.2, 0) is 6.42 Å². The summed E-state index contributed by atoms with van der Waals surface area (Å²) in [5.41, 5.74) is 2.82. The quantitative estimate of drug-likeness (QED) is 0.808. The first-order chi connectivity index (χ1) is 7.50. The van der Waals surface area contributed by atoms with E-state index in [-0.39, 0.29) is 0 Å². The van der Waals surface area contributed by atoms with Gasteiger partial charge in [-0.1, -0.05) is 25.4 Å². The fraction of sp³-hybridized carbons (Fsp3) is 0.545. The van der Waals surface area contributed by atoms with E-state index in [2.05, 4.69) is 29.1 Å². The monoisotopic (exact) mass is 238 g/mol. The van der Waals surface area contributed by atoms with Gasteiger partial charge in [-0.05, 0) is 25.3 Å². The van der Waals surface area contributed by atoms with Crippen LogP contribution in [0, 0.1) is 19.8 Å². The molecule has 2 heterocycles. The molecule has 0 aliphatic heterocycles. The highest BCUT2D eigenvalue weighted by atomic mass is 35.5. The van der Waals surface area contributed by atoms with Crippen LogP contribution < -0.4 is 0 Å². The number of halogens is 1. The standard InChI is InChI=1S/C11H15ClN4/c1-6(2)5-9-13-14-11-8(4)7(3)10(12)15-16(9)11/h6H,5H2,1-4H3. The first kappa shape index (κ1) is 11.3. The van der Waals surface area contributed by atoms with Crippen LogP contribution in [0.2, 0.25) is 5.15 Å². The maximum absolute atomic E-state index is 6.07. The van der Waals surface area contributed by atoms with Gasteiger partial charge in [-0.2, -0.15) is 9.61 Å². The molecule has 0 saturated carbocycles. The normalized spacial score (nSPS) is 11.6. The van der Waals surface area contributed by atoms with Gasteiger partial charge in [-0.15, -0.1) is 10.2 Å². The Bertz CT molecular complexity index is 530. The van der Waals surface area contributed by atoms with E-state index in [4.69, 9.17) is 11.6 Å². The van der Waals surface area contributed by atoms with Crippen molar-refractivity contribution in [1.29, 1.82) is 0 Å². The second kappa shape index (κ2) is 4.01. The molecule has 0 atom stereocenters. The zero-order valence-corrected chi connectivity index (χ0v) is 10.7. The number of aromatic nitrogens is 4. The molecule has 0 saturated heterocycles. The van der Waals surface area contributed by atoms with Crippen molar-refractivity contribution in [3.05, 3.63) is 22.1 Å². The van der Waals surface area contributed by atoms with Gasteiger partial charge in [0.1, 0.15) is 0 Å². The van der Waals surface area contributed by atoms with Crippen molar-refractivity contribution in [2.24, 2.45) is 5.92 Å². The van der Waals surface area contributed by atoms with E-state index in [0.717, 1.165) is 29.0 Å². The third-order valence-electron chi connectivity index (χ3n) is 2.69. The second-order valence-electron chi connectivity index (χ2n) is 4.49. The smallest absolute Gasteiger partial charge is 0.181 e. The molecule has 0 aliphatic rings. The number of fused-ring (bicyclic) bond motifs is 1. The summed E-state index contributed by atoms with van der Waals surface area (Å²) in [5, 5.41) is 13.2. The molecule has 2 aromatic heterocycles. The summed E-state index contributed by atoms with van der Waals surface area (Å²) >= 11 is 6.07. The van der Waals surface area contributed by atoms with Crippen molar-refractivity contribution in [1.82, 2.24) is 19.8 Å². The van der Waals surface area contributed by atoms with Gasteiger partial charge in [-0.3, -0.25) is 0 Å². The molecule has 0 N–H and O–H groups in total. The molecule has 0 spiro atoms. The highest BCUT2D eigenvalue weighted by Crippen LogP contribution is 2.20. The van der Waals surface area contributed by atoms with Crippen molar-refractivity contribution < 1.29 is 0 Å². The first-order valence-corrected chi connectivity index (χ1v) is 5.75. The Morgan fingerprint density at radius 2 is 1.88 bits per heavy atom. The van der Waals surface area contributed by atoms with Crippen LogP contribution in [0.3, 0.4) is 0 Å². The summed E-state index contributed by atoms with van der Waals surface area (Å²) in [6.45, 7) is 8.22. The van der Waals surface area contributed by atoms with Crippen LogP contribution >= 0.6 is 11.6 Å². The van der Waals surface area contributed by atoms with E-state index in [1.54, 1.807) is 4.52 Å². The van der Waals surface area contributed by atoms with Crippen LogP contribution in [0.4, 0.5) is 0 Å². The number of nitrogens with zero attached hydrogens (tertiary/aromatic N) is 4. The molecule has 0 aromatic carbocycles. The molecular weight excluding hydrogens is 224 g/mol. The fourth-order valence-corrected chi connectivity index (χ4v) is 1.85. The Balaban J connectivity index is 2.64. The molecule has 86 valence electrons. The average molecular weight is 239 g/mol. The van der Waals surface area contributed by atoms with Gasteiger partial charge in [0.2, 0.25) is 0 Å². The number of rotatable bonds is 2. The van der Waals surface area contributed by atoms with E-state index in [9.17, 15) is 0 Å². The molecule has 0 amide bonds. The zero-order chi connectivity index (χ0) is 11.9. The van der Waals surface area contributed by atoms with Gasteiger partial charge in [0, 0.05) is 12.0 Å². The third-order valence-corrected chi connectivity index (χ3v) is 3.05. The summed E-state index contributed by atoms with van der Waals surface area (Å²) in [4.78, 5) is 0. The van der Waals surface area contributed by atoms with E-state index in [1.807, 2.05) is 13.8 Å². The van der Waals surface area contributed by atoms with E-state index >= 15 is 0 Å². The van der Waals surface area contributed by atoms with Crippen LogP contribution in [0.15, 0.2) is 0 Å². The van der Waals surface area contributed by atoms with Crippen LogP contribution in [-0.4, -0.2) is 19.8 Å². The Kier molecular flexibility index (Phi) is 2.84. The Morgan fingerprint density at radius 1 is 1.19 bits per heavy atom. The molecule has 5 heteroatoms. The van der Waals surface area contributed by atoms with Crippen molar-refractivity contribution in [2.45, 2.75) is 34.1 Å². The van der Waals surface area contributed by atoms with Crippen molar-refractivity contribution in [3.63, 3.8) is 0 Å². The SMILES string of the molecule is Cc1c(Cl)nn2c(CC(C)C)nnc2c1C. The first-order valence-electron chi connectivity index (χ1n) is 5.37. The Morgan fingerprint density at radius 3 is 2.50 bits per heavy atom. The maximum atomic E-state index is 6.07. The molecule has 0 bridgehead atoms. The second-order valence-corrected chi connectivity index (χ2v) is 4.85. The van der Waals surface area contributed by atoms with Gasteiger partial charge in [-0.25, -0.2) is 0 Å². The highest BCUT2D eigenvalue weighted by Gasteiger charge is 2.13. The number of hydrogen-bond donors (Lipinski definition) is 0. The zero-order valence-electron chi connectivity index (χ0n) is 9.95. The van der Waals surface area contributed by atoms with Gasteiger partial charge in [0.05, 0.1) is 0 Å². The lowest BCUT2D eigenvalue weighted by Gasteiger charge is -2.06. The van der Waals surface area contributed by atoms with Gasteiger partial charge in [0.25, 0.3) is 0 Å². The predicted molar refractivity (Wildman–Crippen MR) is 63.8 cm³/mol. The molecular formula is C11H15ClN4. The van der Waals surface area contributed by atoms with Gasteiger partial charge in [0.15, 0.2) is 16.6 Å². The van der Waals surface area contributed by atoms with Gasteiger partial charge >= 0.3 is 0 Å². The molecule has 0 fully saturated rings. The lowest BCUT2D eigenvalue weighted by molar-refractivity contribution is 0.605. The predicted octanol–water partition coefficient (Wildman–Crippen LogP) is 2.59. The molecule has 2 rings (SSSR count). The van der Waals surface area contributed by atoms with Crippen molar-refractivity contribution >= 4 is 17.2 Å². The average Bonchev–Trinajstić information content (AvgIpc) is 2.58. The Labute approximate surface area is 99.6 Å². The molecule has 0 aliphatic carbocycles. The largest absolute Gasteiger partial charge is 0.196 e. The Hall–Kier alpha value is -1.16. The summed E-state index contributed by atoms with van der Waals surface area (Å²) in [7, 11) is 0. The minimum atomic E-state index is 0.523. The molecule has 4 nitrogen and oxygen atoms in total. The highest BCUT2D eigenvalue weighted by molar-refractivity contribution is 6.30. The van der Waals surface area contributed by atoms with Gasteiger partial charge < -0.3 is 0 Å². The minimum absolute atomic E-state index is 0.523. The summed E-state index contributed by atoms with van der Waals surface area (Å²) in [6, 6.07) is 0. The van der Waals surface area contributed by atoms with E-state index < -0.39 is 0 Å². The third kappa shape index (κ3) is 1.78. The molecule has 0 radical (unpaired) electrons. The number of aryl methyl sites for hydroxylation is 1. The maximum Gasteiger partial charge on any atom is 0.181 e. The van der Waals surface area contributed by atoms with E-state index in [1.165, 1.54) is 0 Å². The van der Waals surface area contributed by atoms with Crippen LogP contribution in [0.1, 0.15) is 30.8 Å². The molecule has 2 aromatic rings. The fourth-order valence-electron chi connectivity index (χ4n) is 1.63. The molecule has 0 unspecified atom stereocenters. The van der Waals surface area contributed by atoms with E-state index in [0.29, 0.717) is 11.1 Å². The van der Waals surface area contributed by atoms with Crippen molar-refractivity contribution in [3.8, 4) is 0 Å². The minimum Gasteiger partial charge on any atom is -0.196 e. The summed E-state index contributed by atoms with van der Waals surface area (Å²) in [5.74, 6) is 1.39. The van der Waals surface area contributed by atoms with Crippen LogP contribution in [0.25, 0.3) is 5.65 Å². The summed E-state index contributed by atoms with van der Waals surface area (Å²) < 4.78 is 1.75. The number of hydrogen-bond acceptors (Lipinski definition) is 3. The molecule has 16 heavy (non-hydrogen) atoms. The van der Waals surface area contributed by atoms with Crippen LogP contribution in [0.5, 0.6) is 0 Å². The summed E-state index contributed by atoms with van der Waals surface area (Å²) in [6.07, 6.45) is 0.854. The lowest BCUT2D eigenvalue weighted by Crippen LogP contribution is -2.05. The van der Waals surface area contributed by atoms with Crippen molar-refractivity contribution in [2.75, 3.05) is 0 Å².